The smallest absolute Gasteiger partial charge is 0.414 e. The molecule has 1 N–H and O–H groups in total. The third-order valence-corrected chi connectivity index (χ3v) is 3.29. The highest BCUT2D eigenvalue weighted by Crippen LogP contribution is 2.29. The zero-order valence-electron chi connectivity index (χ0n) is 12.8. The molecule has 1 aliphatic heterocycles. The summed E-state index contributed by atoms with van der Waals surface area (Å²) in [6, 6.07) is 5.95. The molecule has 2 rings (SSSR count). The summed E-state index contributed by atoms with van der Waals surface area (Å²) >= 11 is 0. The summed E-state index contributed by atoms with van der Waals surface area (Å²) in [6.07, 6.45) is 3.60. The lowest BCUT2D eigenvalue weighted by molar-refractivity contribution is 0.0578. The van der Waals surface area contributed by atoms with Crippen molar-refractivity contribution in [2.45, 2.75) is 45.6 Å². The topological polar surface area (TPSA) is 62.1 Å². The lowest BCUT2D eigenvalue weighted by Crippen LogP contribution is -2.39. The second kappa shape index (κ2) is 6.16. The largest absolute Gasteiger partial charge is 0.443 e. The minimum absolute atomic E-state index is 0.298. The summed E-state index contributed by atoms with van der Waals surface area (Å²) < 4.78 is 5.46. The first-order valence-electron chi connectivity index (χ1n) is 7.19. The van der Waals surface area contributed by atoms with Gasteiger partial charge in [0, 0.05) is 19.2 Å². The number of hydrogen-bond donors (Lipinski definition) is 1. The van der Waals surface area contributed by atoms with Gasteiger partial charge in [-0.25, -0.2) is 4.79 Å². The van der Waals surface area contributed by atoms with Crippen LogP contribution in [0.3, 0.4) is 0 Å². The number of rotatable bonds is 2. The van der Waals surface area contributed by atoms with Gasteiger partial charge in [0.15, 0.2) is 0 Å². The Morgan fingerprint density at radius 2 is 2.24 bits per heavy atom. The van der Waals surface area contributed by atoms with Gasteiger partial charge in [0.2, 0.25) is 0 Å². The molecule has 0 saturated carbocycles. The van der Waals surface area contributed by atoms with Crippen molar-refractivity contribution in [1.82, 2.24) is 0 Å². The molecule has 1 amide bonds. The molecular weight excluding hydrogens is 268 g/mol. The van der Waals surface area contributed by atoms with Crippen molar-refractivity contribution in [3.63, 3.8) is 0 Å². The molecule has 0 unspecified atom stereocenters. The Morgan fingerprint density at radius 3 is 2.90 bits per heavy atom. The van der Waals surface area contributed by atoms with Crippen molar-refractivity contribution in [2.75, 3.05) is 11.4 Å². The molecule has 0 aliphatic carbocycles. The Hall–Kier alpha value is -2.04. The highest BCUT2D eigenvalue weighted by atomic mass is 16.6. The van der Waals surface area contributed by atoms with Crippen LogP contribution >= 0.6 is 0 Å². The van der Waals surface area contributed by atoms with Gasteiger partial charge in [0.1, 0.15) is 5.60 Å². The van der Waals surface area contributed by atoms with Crippen molar-refractivity contribution >= 4 is 18.0 Å². The first-order valence-corrected chi connectivity index (χ1v) is 7.19. The summed E-state index contributed by atoms with van der Waals surface area (Å²) in [5.74, 6) is 0. The average molecular weight is 290 g/mol. The number of amides is 1. The minimum atomic E-state index is -0.494. The normalized spacial score (nSPS) is 15.1. The van der Waals surface area contributed by atoms with Crippen LogP contribution in [0.4, 0.5) is 10.5 Å². The lowest BCUT2D eigenvalue weighted by atomic mass is 9.98. The molecule has 1 heterocycles. The van der Waals surface area contributed by atoms with Gasteiger partial charge in [-0.15, -0.1) is 5.16 Å². The number of hydrogen-bond acceptors (Lipinski definition) is 4. The Labute approximate surface area is 125 Å². The zero-order chi connectivity index (χ0) is 15.5. The van der Waals surface area contributed by atoms with Crippen LogP contribution in [0.5, 0.6) is 0 Å². The highest BCUT2D eigenvalue weighted by molar-refractivity contribution is 5.89. The number of benzene rings is 1. The zero-order valence-corrected chi connectivity index (χ0v) is 12.8. The number of carbonyl (C=O) groups excluding carboxylic acids is 1. The molecule has 0 fully saturated rings. The van der Waals surface area contributed by atoms with Crippen LogP contribution in [0.15, 0.2) is 23.4 Å². The van der Waals surface area contributed by atoms with Gasteiger partial charge in [-0.2, -0.15) is 0 Å². The number of anilines is 1. The summed E-state index contributed by atoms with van der Waals surface area (Å²) in [6.45, 7) is 6.28. The maximum atomic E-state index is 12.3. The molecule has 1 aromatic carbocycles. The van der Waals surface area contributed by atoms with Crippen LogP contribution in [0.2, 0.25) is 0 Å². The van der Waals surface area contributed by atoms with E-state index in [2.05, 4.69) is 11.2 Å². The quantitative estimate of drug-likeness (QED) is 0.516. The van der Waals surface area contributed by atoms with E-state index in [9.17, 15) is 4.79 Å². The standard InChI is InChI=1S/C16H22N2O3/c1-16(2,3)21-15(19)18-10-4-5-13-11-12(8-9-17-20)6-7-14(13)18/h6-7,9,11,20H,4-5,8,10H2,1-3H3. The van der Waals surface area contributed by atoms with Crippen molar-refractivity contribution < 1.29 is 14.7 Å². The fourth-order valence-corrected chi connectivity index (χ4v) is 2.43. The van der Waals surface area contributed by atoms with Crippen molar-refractivity contribution in [3.8, 4) is 0 Å². The molecule has 21 heavy (non-hydrogen) atoms. The number of carbonyl (C=O) groups is 1. The van der Waals surface area contributed by atoms with Crippen molar-refractivity contribution in [3.05, 3.63) is 29.3 Å². The Bertz CT molecular complexity index is 547. The molecule has 0 radical (unpaired) electrons. The van der Waals surface area contributed by atoms with Gasteiger partial charge in [-0.3, -0.25) is 4.90 Å². The van der Waals surface area contributed by atoms with Crippen molar-refractivity contribution in [2.24, 2.45) is 5.16 Å². The van der Waals surface area contributed by atoms with Gasteiger partial charge in [-0.1, -0.05) is 12.1 Å². The fourth-order valence-electron chi connectivity index (χ4n) is 2.43. The number of nitrogens with zero attached hydrogens (tertiary/aromatic N) is 2. The molecule has 0 aromatic heterocycles. The molecule has 114 valence electrons. The van der Waals surface area contributed by atoms with E-state index in [0.717, 1.165) is 29.7 Å². The van der Waals surface area contributed by atoms with Gasteiger partial charge in [0.25, 0.3) is 0 Å². The first kappa shape index (κ1) is 15.4. The van der Waals surface area contributed by atoms with Gasteiger partial charge < -0.3 is 9.94 Å². The molecule has 0 saturated heterocycles. The second-order valence-corrected chi connectivity index (χ2v) is 6.20. The highest BCUT2D eigenvalue weighted by Gasteiger charge is 2.27. The Balaban J connectivity index is 2.21. The van der Waals surface area contributed by atoms with E-state index < -0.39 is 5.60 Å². The van der Waals surface area contributed by atoms with E-state index in [4.69, 9.17) is 9.94 Å². The van der Waals surface area contributed by atoms with E-state index in [1.165, 1.54) is 6.21 Å². The van der Waals surface area contributed by atoms with Crippen LogP contribution in [-0.4, -0.2) is 29.7 Å². The minimum Gasteiger partial charge on any atom is -0.443 e. The SMILES string of the molecule is CC(C)(C)OC(=O)N1CCCc2cc(CC=NO)ccc21. The lowest BCUT2D eigenvalue weighted by Gasteiger charge is -2.31. The molecule has 1 aromatic rings. The fraction of sp³-hybridized carbons (Fsp3) is 0.500. The van der Waals surface area contributed by atoms with Gasteiger partial charge in [0.05, 0.1) is 5.69 Å². The van der Waals surface area contributed by atoms with Gasteiger partial charge >= 0.3 is 6.09 Å². The second-order valence-electron chi connectivity index (χ2n) is 6.20. The maximum absolute atomic E-state index is 12.3. The Kier molecular flexibility index (Phi) is 4.50. The van der Waals surface area contributed by atoms with Crippen LogP contribution in [0.1, 0.15) is 38.3 Å². The summed E-state index contributed by atoms with van der Waals surface area (Å²) in [4.78, 5) is 14.0. The van der Waals surface area contributed by atoms with E-state index in [1.54, 1.807) is 4.90 Å². The monoisotopic (exact) mass is 290 g/mol. The van der Waals surface area contributed by atoms with E-state index in [-0.39, 0.29) is 6.09 Å². The number of fused-ring (bicyclic) bond motifs is 1. The van der Waals surface area contributed by atoms with E-state index in [1.807, 2.05) is 32.9 Å². The maximum Gasteiger partial charge on any atom is 0.414 e. The van der Waals surface area contributed by atoms with Crippen molar-refractivity contribution in [1.29, 1.82) is 0 Å². The van der Waals surface area contributed by atoms with E-state index >= 15 is 0 Å². The first-order chi connectivity index (χ1) is 9.90. The third-order valence-electron chi connectivity index (χ3n) is 3.29. The summed E-state index contributed by atoms with van der Waals surface area (Å²) in [7, 11) is 0. The molecule has 5 nitrogen and oxygen atoms in total. The molecule has 0 atom stereocenters. The molecule has 1 aliphatic rings. The third kappa shape index (κ3) is 3.97. The number of oxime groups is 1. The van der Waals surface area contributed by atoms with Crippen LogP contribution in [-0.2, 0) is 17.6 Å². The van der Waals surface area contributed by atoms with Crippen LogP contribution < -0.4 is 4.90 Å². The predicted octanol–water partition coefficient (Wildman–Crippen LogP) is 3.38. The van der Waals surface area contributed by atoms with Gasteiger partial charge in [-0.05, 0) is 50.8 Å². The average Bonchev–Trinajstić information content (AvgIpc) is 2.42. The molecule has 0 bridgehead atoms. The molecule has 5 heteroatoms. The predicted molar refractivity (Wildman–Crippen MR) is 82.3 cm³/mol. The molecular formula is C16H22N2O3. The Morgan fingerprint density at radius 1 is 1.48 bits per heavy atom. The van der Waals surface area contributed by atoms with E-state index in [0.29, 0.717) is 13.0 Å². The molecule has 0 spiro atoms. The van der Waals surface area contributed by atoms with Crippen LogP contribution in [0, 0.1) is 0 Å². The number of aryl methyl sites for hydroxylation is 1. The summed E-state index contributed by atoms with van der Waals surface area (Å²) in [5.41, 5.74) is 2.63. The number of ether oxygens (including phenoxy) is 1. The summed E-state index contributed by atoms with van der Waals surface area (Å²) in [5, 5.41) is 11.5. The van der Waals surface area contributed by atoms with Crippen LogP contribution in [0.25, 0.3) is 0 Å².